The first-order valence-electron chi connectivity index (χ1n) is 6.27. The van der Waals surface area contributed by atoms with Crippen molar-refractivity contribution >= 4 is 28.1 Å². The molecule has 0 saturated heterocycles. The largest absolute Gasteiger partial charge is 0.398 e. The van der Waals surface area contributed by atoms with Gasteiger partial charge in [-0.15, -0.1) is 0 Å². The summed E-state index contributed by atoms with van der Waals surface area (Å²) in [4.78, 5) is 4.71. The summed E-state index contributed by atoms with van der Waals surface area (Å²) in [6.45, 7) is 4.94. The van der Waals surface area contributed by atoms with Gasteiger partial charge in [-0.2, -0.15) is 5.10 Å². The van der Waals surface area contributed by atoms with Gasteiger partial charge in [0.1, 0.15) is 12.2 Å². The van der Waals surface area contributed by atoms with E-state index >= 15 is 0 Å². The summed E-state index contributed by atoms with van der Waals surface area (Å²) in [5, 5.41) is 4.68. The van der Waals surface area contributed by atoms with Crippen molar-refractivity contribution in [3.8, 4) is 0 Å². The van der Waals surface area contributed by atoms with E-state index in [2.05, 4.69) is 23.9 Å². The molecule has 1 atom stereocenters. The van der Waals surface area contributed by atoms with Crippen LogP contribution in [0.1, 0.15) is 19.7 Å². The first-order valence-corrected chi connectivity index (χ1v) is 7.97. The van der Waals surface area contributed by atoms with E-state index in [0.29, 0.717) is 27.3 Å². The summed E-state index contributed by atoms with van der Waals surface area (Å²) >= 11 is 5.92. The number of nitrogen functional groups attached to an aromatic ring is 1. The zero-order chi connectivity index (χ0) is 14.7. The average Bonchev–Trinajstić information content (AvgIpc) is 2.78. The number of nitrogens with zero attached hydrogens (tertiary/aromatic N) is 3. The van der Waals surface area contributed by atoms with Gasteiger partial charge in [0.15, 0.2) is 0 Å². The first kappa shape index (κ1) is 15.0. The predicted molar refractivity (Wildman–Crippen MR) is 80.8 cm³/mol. The summed E-state index contributed by atoms with van der Waals surface area (Å²) in [5.41, 5.74) is 6.32. The van der Waals surface area contributed by atoms with Gasteiger partial charge in [0.2, 0.25) is 0 Å². The predicted octanol–water partition coefficient (Wildman–Crippen LogP) is 2.48. The molecule has 0 aliphatic rings. The molecule has 2 rings (SSSR count). The van der Waals surface area contributed by atoms with Gasteiger partial charge < -0.3 is 5.73 Å². The molecule has 1 heterocycles. The van der Waals surface area contributed by atoms with E-state index < -0.39 is 10.8 Å². The van der Waals surface area contributed by atoms with Gasteiger partial charge in [0, 0.05) is 17.3 Å². The van der Waals surface area contributed by atoms with Gasteiger partial charge >= 0.3 is 0 Å². The summed E-state index contributed by atoms with van der Waals surface area (Å²) in [7, 11) is -1.29. The normalized spacial score (nSPS) is 12.8. The van der Waals surface area contributed by atoms with Crippen molar-refractivity contribution in [3.05, 3.63) is 35.4 Å². The zero-order valence-corrected chi connectivity index (χ0v) is 13.0. The lowest BCUT2D eigenvalue weighted by Gasteiger charge is -2.09. The molecule has 0 radical (unpaired) electrons. The molecule has 2 aromatic rings. The molecule has 2 N–H and O–H groups in total. The van der Waals surface area contributed by atoms with Gasteiger partial charge in [-0.3, -0.25) is 4.21 Å². The fourth-order valence-corrected chi connectivity index (χ4v) is 3.24. The van der Waals surface area contributed by atoms with Crippen LogP contribution in [0.4, 0.5) is 5.69 Å². The molecule has 5 nitrogen and oxygen atoms in total. The Balaban J connectivity index is 2.20. The van der Waals surface area contributed by atoms with Crippen LogP contribution in [0.2, 0.25) is 5.02 Å². The highest BCUT2D eigenvalue weighted by Crippen LogP contribution is 2.23. The van der Waals surface area contributed by atoms with Crippen LogP contribution >= 0.6 is 11.6 Å². The summed E-state index contributed by atoms with van der Waals surface area (Å²) < 4.78 is 14.2. The van der Waals surface area contributed by atoms with E-state index in [9.17, 15) is 4.21 Å². The maximum Gasteiger partial charge on any atom is 0.139 e. The molecule has 0 spiro atoms. The number of nitrogens with two attached hydrogens (primary N) is 1. The van der Waals surface area contributed by atoms with E-state index in [-0.39, 0.29) is 5.75 Å². The molecular formula is C13H17ClN4OS. The third-order valence-corrected chi connectivity index (χ3v) is 4.31. The molecule has 1 aromatic heterocycles. The highest BCUT2D eigenvalue weighted by molar-refractivity contribution is 7.84. The van der Waals surface area contributed by atoms with Crippen LogP contribution in [0.15, 0.2) is 29.4 Å². The van der Waals surface area contributed by atoms with Gasteiger partial charge in [0.25, 0.3) is 0 Å². The molecule has 0 aliphatic heterocycles. The molecule has 7 heteroatoms. The minimum Gasteiger partial charge on any atom is -0.398 e. The third-order valence-electron chi connectivity index (χ3n) is 2.71. The third kappa shape index (κ3) is 3.58. The second kappa shape index (κ2) is 6.37. The van der Waals surface area contributed by atoms with Crippen molar-refractivity contribution in [2.75, 3.05) is 5.73 Å². The molecule has 0 amide bonds. The van der Waals surface area contributed by atoms with Crippen molar-refractivity contribution in [1.29, 1.82) is 0 Å². The standard InChI is InChI=1S/C13H17ClN4OS/c1-9(2)6-18-13(16-8-17-18)7-20(19)12-5-10(14)3-4-11(12)15/h3-5,8-9H,6-7,15H2,1-2H3. The Labute approximate surface area is 125 Å². The molecule has 0 aliphatic carbocycles. The number of halogens is 1. The maximum absolute atomic E-state index is 12.4. The molecule has 0 fully saturated rings. The molecule has 1 aromatic carbocycles. The lowest BCUT2D eigenvalue weighted by atomic mass is 10.2. The SMILES string of the molecule is CC(C)Cn1ncnc1CS(=O)c1cc(Cl)ccc1N. The van der Waals surface area contributed by atoms with Gasteiger partial charge in [-0.05, 0) is 24.1 Å². The van der Waals surface area contributed by atoms with Gasteiger partial charge in [-0.1, -0.05) is 25.4 Å². The molecular weight excluding hydrogens is 296 g/mol. The van der Waals surface area contributed by atoms with Crippen LogP contribution in [-0.2, 0) is 23.1 Å². The van der Waals surface area contributed by atoms with Crippen molar-refractivity contribution < 1.29 is 4.21 Å². The Morgan fingerprint density at radius 2 is 2.20 bits per heavy atom. The van der Waals surface area contributed by atoms with Crippen molar-refractivity contribution in [2.45, 2.75) is 31.0 Å². The lowest BCUT2D eigenvalue weighted by molar-refractivity contribution is 0.471. The maximum atomic E-state index is 12.4. The smallest absolute Gasteiger partial charge is 0.139 e. The fraction of sp³-hybridized carbons (Fsp3) is 0.385. The highest BCUT2D eigenvalue weighted by Gasteiger charge is 2.14. The average molecular weight is 313 g/mol. The Morgan fingerprint density at radius 1 is 1.45 bits per heavy atom. The topological polar surface area (TPSA) is 73.8 Å². The monoisotopic (exact) mass is 312 g/mol. The quantitative estimate of drug-likeness (QED) is 0.861. The van der Waals surface area contributed by atoms with Crippen molar-refractivity contribution in [3.63, 3.8) is 0 Å². The van der Waals surface area contributed by atoms with Gasteiger partial charge in [-0.25, -0.2) is 9.67 Å². The van der Waals surface area contributed by atoms with E-state index in [1.807, 2.05) is 0 Å². The number of hydrogen-bond donors (Lipinski definition) is 1. The minimum absolute atomic E-state index is 0.275. The molecule has 0 bridgehead atoms. The van der Waals surface area contributed by atoms with Crippen molar-refractivity contribution in [2.24, 2.45) is 5.92 Å². The summed E-state index contributed by atoms with van der Waals surface area (Å²) in [6.07, 6.45) is 1.48. The zero-order valence-electron chi connectivity index (χ0n) is 11.4. The summed E-state index contributed by atoms with van der Waals surface area (Å²) in [5.74, 6) is 1.41. The van der Waals surface area contributed by atoms with E-state index in [0.717, 1.165) is 6.54 Å². The van der Waals surface area contributed by atoms with Crippen LogP contribution in [-0.4, -0.2) is 19.0 Å². The Kier molecular flexibility index (Phi) is 4.77. The van der Waals surface area contributed by atoms with Crippen LogP contribution in [0, 0.1) is 5.92 Å². The fourth-order valence-electron chi connectivity index (χ4n) is 1.80. The Bertz CT molecular complexity index is 627. The second-order valence-electron chi connectivity index (χ2n) is 4.92. The van der Waals surface area contributed by atoms with Crippen molar-refractivity contribution in [1.82, 2.24) is 14.8 Å². The lowest BCUT2D eigenvalue weighted by Crippen LogP contribution is -2.12. The van der Waals surface area contributed by atoms with E-state index in [4.69, 9.17) is 17.3 Å². The number of anilines is 1. The first-order chi connectivity index (χ1) is 9.47. The summed E-state index contributed by atoms with van der Waals surface area (Å²) in [6, 6.07) is 4.98. The Hall–Kier alpha value is -1.40. The number of hydrogen-bond acceptors (Lipinski definition) is 4. The number of rotatable bonds is 5. The van der Waals surface area contributed by atoms with Crippen LogP contribution in [0.5, 0.6) is 0 Å². The number of benzene rings is 1. The van der Waals surface area contributed by atoms with Gasteiger partial charge in [0.05, 0.1) is 21.4 Å². The van der Waals surface area contributed by atoms with E-state index in [1.165, 1.54) is 6.33 Å². The van der Waals surface area contributed by atoms with Crippen LogP contribution in [0.3, 0.4) is 0 Å². The molecule has 20 heavy (non-hydrogen) atoms. The van der Waals surface area contributed by atoms with Crippen LogP contribution < -0.4 is 5.73 Å². The molecule has 108 valence electrons. The minimum atomic E-state index is -1.29. The van der Waals surface area contributed by atoms with E-state index in [1.54, 1.807) is 22.9 Å². The Morgan fingerprint density at radius 3 is 2.90 bits per heavy atom. The molecule has 0 saturated carbocycles. The second-order valence-corrected chi connectivity index (χ2v) is 6.78. The number of aromatic nitrogens is 3. The highest BCUT2D eigenvalue weighted by atomic mass is 35.5. The molecule has 1 unspecified atom stereocenters. The van der Waals surface area contributed by atoms with Crippen LogP contribution in [0.25, 0.3) is 0 Å².